The second-order valence-electron chi connectivity index (χ2n) is 6.45. The van der Waals surface area contributed by atoms with Gasteiger partial charge >= 0.3 is 5.97 Å². The highest BCUT2D eigenvalue weighted by molar-refractivity contribution is 5.95. The Balaban J connectivity index is 1.92. The number of nitrogens with zero attached hydrogens (tertiary/aromatic N) is 3. The maximum Gasteiger partial charge on any atom is 0.323 e. The van der Waals surface area contributed by atoms with Gasteiger partial charge in [-0.15, -0.1) is 0 Å². The summed E-state index contributed by atoms with van der Waals surface area (Å²) in [6.07, 6.45) is 9.06. The molecule has 1 aromatic rings. The smallest absolute Gasteiger partial charge is 0.323 e. The second-order valence-corrected chi connectivity index (χ2v) is 6.45. The molecule has 1 aromatic heterocycles. The van der Waals surface area contributed by atoms with E-state index in [-0.39, 0.29) is 30.9 Å². The summed E-state index contributed by atoms with van der Waals surface area (Å²) in [5, 5.41) is 16.0. The third-order valence-corrected chi connectivity index (χ3v) is 4.26. The van der Waals surface area contributed by atoms with Crippen molar-refractivity contribution >= 4 is 17.8 Å². The molecule has 0 atom stereocenters. The first-order valence-corrected chi connectivity index (χ1v) is 8.82. The van der Waals surface area contributed by atoms with Gasteiger partial charge in [-0.2, -0.15) is 5.10 Å². The zero-order chi connectivity index (χ0) is 18.2. The maximum atomic E-state index is 12.4. The summed E-state index contributed by atoms with van der Waals surface area (Å²) in [7, 11) is 0. The van der Waals surface area contributed by atoms with Gasteiger partial charge in [0.15, 0.2) is 0 Å². The van der Waals surface area contributed by atoms with Crippen molar-refractivity contribution in [2.24, 2.45) is 0 Å². The van der Waals surface area contributed by atoms with Gasteiger partial charge in [0.2, 0.25) is 5.91 Å². The van der Waals surface area contributed by atoms with Crippen molar-refractivity contribution < 1.29 is 19.5 Å². The van der Waals surface area contributed by atoms with Crippen LogP contribution in [0.15, 0.2) is 12.4 Å². The van der Waals surface area contributed by atoms with Gasteiger partial charge in [-0.05, 0) is 19.3 Å². The molecule has 2 amide bonds. The first-order valence-electron chi connectivity index (χ1n) is 8.82. The summed E-state index contributed by atoms with van der Waals surface area (Å²) < 4.78 is 1.41. The topological polar surface area (TPSA) is 105 Å². The molecule has 1 heterocycles. The first-order chi connectivity index (χ1) is 12.0. The lowest BCUT2D eigenvalue weighted by molar-refractivity contribution is -0.137. The molecule has 0 bridgehead atoms. The van der Waals surface area contributed by atoms with E-state index < -0.39 is 5.97 Å². The van der Waals surface area contributed by atoms with Crippen molar-refractivity contribution in [3.05, 3.63) is 18.0 Å². The molecule has 1 aliphatic carbocycles. The maximum absolute atomic E-state index is 12.4. The van der Waals surface area contributed by atoms with Crippen LogP contribution in [-0.4, -0.2) is 56.7 Å². The number of carboxylic acid groups (broad SMARTS) is 1. The molecule has 1 saturated carbocycles. The van der Waals surface area contributed by atoms with Crippen LogP contribution in [0.4, 0.5) is 0 Å². The van der Waals surface area contributed by atoms with Crippen LogP contribution in [-0.2, 0) is 16.1 Å². The minimum atomic E-state index is -1.05. The van der Waals surface area contributed by atoms with Crippen LogP contribution >= 0.6 is 0 Å². The zero-order valence-corrected chi connectivity index (χ0v) is 14.6. The van der Waals surface area contributed by atoms with Crippen LogP contribution < -0.4 is 5.32 Å². The predicted octanol–water partition coefficient (Wildman–Crippen LogP) is 1.27. The van der Waals surface area contributed by atoms with Gasteiger partial charge in [0, 0.05) is 18.8 Å². The molecule has 138 valence electrons. The summed E-state index contributed by atoms with van der Waals surface area (Å²) in [6, 6.07) is 0.230. The Morgan fingerprint density at radius 1 is 1.32 bits per heavy atom. The molecule has 0 saturated heterocycles. The number of carboxylic acids is 1. The Hall–Kier alpha value is -2.38. The average Bonchev–Trinajstić information content (AvgIpc) is 3.02. The summed E-state index contributed by atoms with van der Waals surface area (Å²) >= 11 is 0. The molecular weight excluding hydrogens is 324 g/mol. The minimum absolute atomic E-state index is 0.0521. The van der Waals surface area contributed by atoms with Crippen molar-refractivity contribution in [1.29, 1.82) is 0 Å². The summed E-state index contributed by atoms with van der Waals surface area (Å²) in [5.74, 6) is -1.56. The van der Waals surface area contributed by atoms with Crippen LogP contribution in [0.2, 0.25) is 0 Å². The molecule has 2 rings (SSSR count). The standard InChI is InChI=1S/C17H26N4O4/c1-2-8-20(12-16(23)24)17(25)13-9-18-21(10-13)11-15(22)19-14-6-4-3-5-7-14/h9-10,14H,2-8,11-12H2,1H3,(H,19,22)(H,23,24). The largest absolute Gasteiger partial charge is 0.480 e. The van der Waals surface area contributed by atoms with Gasteiger partial charge in [-0.3, -0.25) is 19.1 Å². The van der Waals surface area contributed by atoms with Crippen molar-refractivity contribution in [3.63, 3.8) is 0 Å². The summed E-state index contributed by atoms with van der Waals surface area (Å²) in [6.45, 7) is 1.94. The van der Waals surface area contributed by atoms with E-state index in [4.69, 9.17) is 5.11 Å². The van der Waals surface area contributed by atoms with Crippen LogP contribution in [0.25, 0.3) is 0 Å². The highest BCUT2D eigenvalue weighted by Gasteiger charge is 2.20. The van der Waals surface area contributed by atoms with E-state index in [0.29, 0.717) is 18.5 Å². The number of aromatic nitrogens is 2. The van der Waals surface area contributed by atoms with E-state index in [9.17, 15) is 14.4 Å². The molecule has 1 fully saturated rings. The first kappa shape index (κ1) is 19.0. The Bertz CT molecular complexity index is 608. The Morgan fingerprint density at radius 3 is 2.68 bits per heavy atom. The molecule has 0 aromatic carbocycles. The van der Waals surface area contributed by atoms with Gasteiger partial charge in [0.1, 0.15) is 13.1 Å². The summed E-state index contributed by atoms with van der Waals surface area (Å²) in [4.78, 5) is 36.7. The lowest BCUT2D eigenvalue weighted by Crippen LogP contribution is -2.38. The fraction of sp³-hybridized carbons (Fsp3) is 0.647. The van der Waals surface area contributed by atoms with Gasteiger partial charge < -0.3 is 15.3 Å². The van der Waals surface area contributed by atoms with Crippen LogP contribution in [0, 0.1) is 0 Å². The molecular formula is C17H26N4O4. The molecule has 2 N–H and O–H groups in total. The number of amides is 2. The normalized spacial score (nSPS) is 14.9. The number of aliphatic carboxylic acids is 1. The van der Waals surface area contributed by atoms with Crippen molar-refractivity contribution in [1.82, 2.24) is 20.0 Å². The molecule has 8 nitrogen and oxygen atoms in total. The number of carbonyl (C=O) groups excluding carboxylic acids is 2. The second kappa shape index (κ2) is 9.19. The molecule has 0 aliphatic heterocycles. The highest BCUT2D eigenvalue weighted by Crippen LogP contribution is 2.17. The number of nitrogens with one attached hydrogen (secondary N) is 1. The van der Waals surface area contributed by atoms with Crippen molar-refractivity contribution in [3.8, 4) is 0 Å². The lowest BCUT2D eigenvalue weighted by atomic mass is 9.95. The monoisotopic (exact) mass is 350 g/mol. The number of rotatable bonds is 8. The van der Waals surface area contributed by atoms with E-state index in [1.807, 2.05) is 6.92 Å². The zero-order valence-electron chi connectivity index (χ0n) is 14.6. The van der Waals surface area contributed by atoms with E-state index in [1.165, 1.54) is 28.4 Å². The minimum Gasteiger partial charge on any atom is -0.480 e. The van der Waals surface area contributed by atoms with Crippen LogP contribution in [0.5, 0.6) is 0 Å². The SMILES string of the molecule is CCCN(CC(=O)O)C(=O)c1cnn(CC(=O)NC2CCCCC2)c1. The van der Waals surface area contributed by atoms with Crippen molar-refractivity contribution in [2.45, 2.75) is 58.0 Å². The quantitative estimate of drug-likeness (QED) is 0.735. The Kier molecular flexibility index (Phi) is 6.97. The molecule has 8 heteroatoms. The molecule has 0 unspecified atom stereocenters. The number of hydrogen-bond donors (Lipinski definition) is 2. The summed E-state index contributed by atoms with van der Waals surface area (Å²) in [5.41, 5.74) is 0.292. The van der Waals surface area contributed by atoms with E-state index in [1.54, 1.807) is 0 Å². The molecule has 0 spiro atoms. The third kappa shape index (κ3) is 5.88. The van der Waals surface area contributed by atoms with Gasteiger partial charge in [-0.25, -0.2) is 0 Å². The highest BCUT2D eigenvalue weighted by atomic mass is 16.4. The van der Waals surface area contributed by atoms with Crippen molar-refractivity contribution in [2.75, 3.05) is 13.1 Å². The van der Waals surface area contributed by atoms with Gasteiger partial charge in [0.05, 0.1) is 11.8 Å². The lowest BCUT2D eigenvalue weighted by Gasteiger charge is -2.22. The Labute approximate surface area is 147 Å². The van der Waals surface area contributed by atoms with E-state index in [0.717, 1.165) is 25.7 Å². The fourth-order valence-electron chi connectivity index (χ4n) is 3.10. The molecule has 1 aliphatic rings. The third-order valence-electron chi connectivity index (χ3n) is 4.26. The molecule has 0 radical (unpaired) electrons. The number of hydrogen-bond acceptors (Lipinski definition) is 4. The van der Waals surface area contributed by atoms with E-state index in [2.05, 4.69) is 10.4 Å². The Morgan fingerprint density at radius 2 is 2.04 bits per heavy atom. The van der Waals surface area contributed by atoms with Crippen LogP contribution in [0.1, 0.15) is 55.8 Å². The number of carbonyl (C=O) groups is 3. The van der Waals surface area contributed by atoms with Crippen LogP contribution in [0.3, 0.4) is 0 Å². The molecule has 25 heavy (non-hydrogen) atoms. The van der Waals surface area contributed by atoms with Gasteiger partial charge in [-0.1, -0.05) is 26.2 Å². The van der Waals surface area contributed by atoms with Gasteiger partial charge in [0.25, 0.3) is 5.91 Å². The van der Waals surface area contributed by atoms with E-state index >= 15 is 0 Å². The predicted molar refractivity (Wildman–Crippen MR) is 91.1 cm³/mol. The average molecular weight is 350 g/mol. The fourth-order valence-corrected chi connectivity index (χ4v) is 3.10.